The monoisotopic (exact) mass is 612 g/mol. The van der Waals surface area contributed by atoms with E-state index in [0.717, 1.165) is 11.1 Å². The second-order valence-electron chi connectivity index (χ2n) is 9.92. The molecule has 0 bridgehead atoms. The molecule has 0 aromatic heterocycles. The van der Waals surface area contributed by atoms with Gasteiger partial charge in [-0.05, 0) is 44.2 Å². The molecule has 4 rings (SSSR count). The maximum absolute atomic E-state index is 14.4. The topological polar surface area (TPSA) is 109 Å². The van der Waals surface area contributed by atoms with Crippen LogP contribution in [-0.2, 0) is 24.6 Å². The van der Waals surface area contributed by atoms with Crippen LogP contribution in [0.5, 0.6) is 0 Å². The van der Waals surface area contributed by atoms with E-state index in [9.17, 15) is 14.4 Å². The van der Waals surface area contributed by atoms with Crippen LogP contribution in [0.2, 0.25) is 0 Å². The molecule has 3 N–H and O–H groups in total. The number of rotatable bonds is 13. The van der Waals surface area contributed by atoms with Crippen LogP contribution in [0.15, 0.2) is 72.8 Å². The Kier molecular flexibility index (Phi) is 10.8. The minimum atomic E-state index is -1.72. The van der Waals surface area contributed by atoms with Crippen molar-refractivity contribution < 1.29 is 23.9 Å². The quantitative estimate of drug-likeness (QED) is 0.174. The molecule has 0 saturated heterocycles. The van der Waals surface area contributed by atoms with Gasteiger partial charge in [0.25, 0.3) is 5.91 Å². The first kappa shape index (κ1) is 31.3. The molecule has 222 valence electrons. The predicted molar refractivity (Wildman–Crippen MR) is 165 cm³/mol. The third-order valence-corrected chi connectivity index (χ3v) is 7.06. The molecular formula is C31H34Cl2N4O5. The number of alkyl halides is 2. The average molecular weight is 614 g/mol. The smallest absolute Gasteiger partial charge is 0.320 e. The van der Waals surface area contributed by atoms with Crippen LogP contribution in [0, 0.1) is 13.8 Å². The molecule has 9 nitrogen and oxygen atoms in total. The molecular weight excluding hydrogens is 579 g/mol. The lowest BCUT2D eigenvalue weighted by Crippen LogP contribution is -2.56. The van der Waals surface area contributed by atoms with Gasteiger partial charge in [-0.2, -0.15) is 0 Å². The summed E-state index contributed by atoms with van der Waals surface area (Å²) < 4.78 is 11.5. The lowest BCUT2D eigenvalue weighted by molar-refractivity contribution is -0.137. The number of ether oxygens (including phenoxy) is 2. The average Bonchev–Trinajstić information content (AvgIpc) is 3.19. The minimum absolute atomic E-state index is 0.00772. The zero-order valence-electron chi connectivity index (χ0n) is 23.5. The zero-order chi connectivity index (χ0) is 30.1. The number of hydrogen-bond acceptors (Lipinski definition) is 5. The number of benzene rings is 3. The molecule has 1 heterocycles. The first-order valence-corrected chi connectivity index (χ1v) is 14.6. The summed E-state index contributed by atoms with van der Waals surface area (Å²) in [4.78, 5) is 42.7. The summed E-state index contributed by atoms with van der Waals surface area (Å²) in [7, 11) is 0. The summed E-state index contributed by atoms with van der Waals surface area (Å²) in [5.74, 6) is -0.492. The van der Waals surface area contributed by atoms with Gasteiger partial charge in [0.1, 0.15) is 0 Å². The van der Waals surface area contributed by atoms with Crippen LogP contribution in [0.4, 0.5) is 21.9 Å². The van der Waals surface area contributed by atoms with Crippen molar-refractivity contribution >= 4 is 58.1 Å². The molecule has 1 aliphatic rings. The predicted octanol–water partition coefficient (Wildman–Crippen LogP) is 5.53. The Morgan fingerprint density at radius 2 is 1.38 bits per heavy atom. The van der Waals surface area contributed by atoms with Gasteiger partial charge in [0, 0.05) is 28.7 Å². The van der Waals surface area contributed by atoms with E-state index in [1.807, 2.05) is 38.1 Å². The second kappa shape index (κ2) is 14.5. The first-order chi connectivity index (χ1) is 20.3. The van der Waals surface area contributed by atoms with E-state index in [-0.39, 0.29) is 37.9 Å². The molecule has 0 fully saturated rings. The number of nitrogens with zero attached hydrogens (tertiary/aromatic N) is 1. The van der Waals surface area contributed by atoms with Crippen molar-refractivity contribution in [1.29, 1.82) is 0 Å². The van der Waals surface area contributed by atoms with Crippen molar-refractivity contribution in [3.63, 3.8) is 0 Å². The molecule has 3 aromatic carbocycles. The lowest BCUT2D eigenvalue weighted by Gasteiger charge is -2.30. The Labute approximate surface area is 255 Å². The summed E-state index contributed by atoms with van der Waals surface area (Å²) in [5.41, 5.74) is 2.46. The maximum atomic E-state index is 14.4. The van der Waals surface area contributed by atoms with Gasteiger partial charge in [-0.1, -0.05) is 53.6 Å². The molecule has 1 atom stereocenters. The van der Waals surface area contributed by atoms with Gasteiger partial charge >= 0.3 is 6.03 Å². The zero-order valence-corrected chi connectivity index (χ0v) is 25.0. The van der Waals surface area contributed by atoms with E-state index < -0.39 is 29.7 Å². The standard InChI is InChI=1S/C31H34Cl2N4O5/c1-21-7-11-23(12-8-21)34-27(38)19-31(36-30(40)35-24-13-9-22(2)10-14-24)25-5-3-4-6-26(25)37(29(31)39)20-28(41-17-15-32)42-18-16-33/h3-14,28H,15-20H2,1-2H3,(H,34,38)(H2,35,36,40). The highest BCUT2D eigenvalue weighted by Gasteiger charge is 2.53. The number of carbonyl (C=O) groups excluding carboxylic acids is 3. The molecule has 0 radical (unpaired) electrons. The summed E-state index contributed by atoms with van der Waals surface area (Å²) in [6.45, 7) is 4.27. The highest BCUT2D eigenvalue weighted by molar-refractivity contribution is 6.18. The van der Waals surface area contributed by atoms with E-state index in [1.54, 1.807) is 48.5 Å². The Morgan fingerprint density at radius 1 is 0.833 bits per heavy atom. The van der Waals surface area contributed by atoms with E-state index in [1.165, 1.54) is 4.90 Å². The fraction of sp³-hybridized carbons (Fsp3) is 0.323. The molecule has 0 saturated carbocycles. The van der Waals surface area contributed by atoms with E-state index in [0.29, 0.717) is 22.6 Å². The van der Waals surface area contributed by atoms with Gasteiger partial charge in [-0.3, -0.25) is 9.59 Å². The number of fused-ring (bicyclic) bond motifs is 1. The number of anilines is 3. The van der Waals surface area contributed by atoms with Gasteiger partial charge in [0.15, 0.2) is 11.8 Å². The van der Waals surface area contributed by atoms with Crippen molar-refractivity contribution in [3.05, 3.63) is 89.5 Å². The number of halogens is 2. The summed E-state index contributed by atoms with van der Waals surface area (Å²) in [5, 5.41) is 8.49. The van der Waals surface area contributed by atoms with Crippen LogP contribution >= 0.6 is 23.2 Å². The summed E-state index contributed by atoms with van der Waals surface area (Å²) in [6.07, 6.45) is -1.19. The Balaban J connectivity index is 1.68. The van der Waals surface area contributed by atoms with E-state index in [4.69, 9.17) is 32.7 Å². The largest absolute Gasteiger partial charge is 0.350 e. The number of aryl methyl sites for hydroxylation is 2. The molecule has 11 heteroatoms. The third-order valence-electron chi connectivity index (χ3n) is 6.76. The Morgan fingerprint density at radius 3 is 1.95 bits per heavy atom. The molecule has 1 unspecified atom stereocenters. The number of amides is 4. The number of urea groups is 1. The maximum Gasteiger partial charge on any atom is 0.320 e. The molecule has 3 aromatic rings. The highest BCUT2D eigenvalue weighted by Crippen LogP contribution is 2.43. The van der Waals surface area contributed by atoms with Gasteiger partial charge in [-0.15, -0.1) is 23.2 Å². The van der Waals surface area contributed by atoms with Gasteiger partial charge < -0.3 is 30.3 Å². The molecule has 0 spiro atoms. The van der Waals surface area contributed by atoms with Gasteiger partial charge in [0.05, 0.1) is 31.9 Å². The van der Waals surface area contributed by atoms with Crippen LogP contribution in [-0.4, -0.2) is 55.7 Å². The van der Waals surface area contributed by atoms with Crippen molar-refractivity contribution in [2.45, 2.75) is 32.1 Å². The SMILES string of the molecule is Cc1ccc(NC(=O)CC2(NC(=O)Nc3ccc(C)cc3)C(=O)N(CC(OCCCl)OCCCl)c3ccccc32)cc1. The van der Waals surface area contributed by atoms with E-state index in [2.05, 4.69) is 16.0 Å². The fourth-order valence-corrected chi connectivity index (χ4v) is 4.95. The van der Waals surface area contributed by atoms with Crippen LogP contribution < -0.4 is 20.9 Å². The number of carbonyl (C=O) groups is 3. The summed E-state index contributed by atoms with van der Waals surface area (Å²) in [6, 6.07) is 20.9. The van der Waals surface area contributed by atoms with Crippen molar-refractivity contribution in [3.8, 4) is 0 Å². The van der Waals surface area contributed by atoms with Crippen LogP contribution in [0.3, 0.4) is 0 Å². The van der Waals surface area contributed by atoms with Gasteiger partial charge in [-0.25, -0.2) is 4.79 Å². The normalized spacial score (nSPS) is 15.9. The second-order valence-corrected chi connectivity index (χ2v) is 10.7. The number of hydrogen-bond donors (Lipinski definition) is 3. The van der Waals surface area contributed by atoms with Crippen molar-refractivity contribution in [1.82, 2.24) is 5.32 Å². The number of nitrogens with one attached hydrogen (secondary N) is 3. The summed E-state index contributed by atoms with van der Waals surface area (Å²) >= 11 is 11.7. The molecule has 1 aliphatic heterocycles. The van der Waals surface area contributed by atoms with Crippen LogP contribution in [0.25, 0.3) is 0 Å². The Bertz CT molecular complexity index is 1320. The van der Waals surface area contributed by atoms with Gasteiger partial charge in [0.2, 0.25) is 5.91 Å². The van der Waals surface area contributed by atoms with Crippen molar-refractivity contribution in [2.24, 2.45) is 0 Å². The van der Waals surface area contributed by atoms with Crippen molar-refractivity contribution in [2.75, 3.05) is 47.1 Å². The van der Waals surface area contributed by atoms with E-state index >= 15 is 0 Å². The molecule has 42 heavy (non-hydrogen) atoms. The highest BCUT2D eigenvalue weighted by atomic mass is 35.5. The molecule has 0 aliphatic carbocycles. The lowest BCUT2D eigenvalue weighted by atomic mass is 9.87. The Hall–Kier alpha value is -3.63. The third kappa shape index (κ3) is 7.60. The number of para-hydroxylation sites is 1. The minimum Gasteiger partial charge on any atom is -0.350 e. The fourth-order valence-electron chi connectivity index (χ4n) is 4.77. The van der Waals surface area contributed by atoms with Crippen LogP contribution in [0.1, 0.15) is 23.1 Å². The first-order valence-electron chi connectivity index (χ1n) is 13.5. The molecule has 4 amide bonds.